The molecule has 9 heteroatoms. The molecular weight excluding hydrogens is 348 g/mol. The first-order valence-corrected chi connectivity index (χ1v) is 9.15. The number of rotatable bonds is 3. The molecule has 3 rings (SSSR count). The number of nitrogens with one attached hydrogen (secondary N) is 1. The number of carbonyl (C=O) groups excluding carboxylic acids is 3. The van der Waals surface area contributed by atoms with Gasteiger partial charge in [0.2, 0.25) is 5.91 Å². The number of Topliss-reactive ketones (excluding diaryl/α,β-unsaturated/α-hetero) is 1. The Labute approximate surface area is 146 Å². The van der Waals surface area contributed by atoms with Crippen molar-refractivity contribution in [3.8, 4) is 10.6 Å². The molecule has 0 radical (unpaired) electrons. The lowest BCUT2D eigenvalue weighted by Gasteiger charge is -2.24. The normalized spacial score (nSPS) is 14.8. The van der Waals surface area contributed by atoms with Crippen LogP contribution in [0.3, 0.4) is 0 Å². The molecule has 3 heterocycles. The first kappa shape index (κ1) is 16.7. The number of aryl methyl sites for hydroxylation is 1. The van der Waals surface area contributed by atoms with Crippen LogP contribution < -0.4 is 5.32 Å². The number of hydrogen-bond donors (Lipinski definition) is 1. The standard InChI is InChI=1S/C15H16N4O3S2/c1-8-12(24-15(16-8)17-9(2)20)11-7-23-13(18-11)14(22)19-5-3-10(21)4-6-19/h7H,3-6H2,1-2H3,(H,16,17,20). The number of aromatic nitrogens is 2. The maximum absolute atomic E-state index is 12.5. The highest BCUT2D eigenvalue weighted by Crippen LogP contribution is 2.33. The zero-order valence-electron chi connectivity index (χ0n) is 13.3. The van der Waals surface area contributed by atoms with E-state index < -0.39 is 0 Å². The van der Waals surface area contributed by atoms with Crippen molar-refractivity contribution >= 4 is 45.4 Å². The largest absolute Gasteiger partial charge is 0.336 e. The van der Waals surface area contributed by atoms with Gasteiger partial charge in [0.15, 0.2) is 10.1 Å². The van der Waals surface area contributed by atoms with Crippen molar-refractivity contribution in [1.82, 2.24) is 14.9 Å². The fourth-order valence-corrected chi connectivity index (χ4v) is 4.23. The minimum absolute atomic E-state index is 0.136. The Morgan fingerprint density at radius 1 is 1.25 bits per heavy atom. The Morgan fingerprint density at radius 2 is 1.96 bits per heavy atom. The summed E-state index contributed by atoms with van der Waals surface area (Å²) in [7, 11) is 0. The van der Waals surface area contributed by atoms with Gasteiger partial charge in [-0.05, 0) is 6.92 Å². The van der Waals surface area contributed by atoms with Crippen molar-refractivity contribution in [2.75, 3.05) is 18.4 Å². The number of thiazole rings is 2. The lowest BCUT2D eigenvalue weighted by atomic mass is 10.1. The molecule has 24 heavy (non-hydrogen) atoms. The SMILES string of the molecule is CC(=O)Nc1nc(C)c(-c2csc(C(=O)N3CCC(=O)CC3)n2)s1. The van der Waals surface area contributed by atoms with Gasteiger partial charge in [0.05, 0.1) is 16.3 Å². The van der Waals surface area contributed by atoms with Gasteiger partial charge in [0.25, 0.3) is 5.91 Å². The van der Waals surface area contributed by atoms with Crippen molar-refractivity contribution in [1.29, 1.82) is 0 Å². The second-order valence-electron chi connectivity index (χ2n) is 5.48. The van der Waals surface area contributed by atoms with Crippen LogP contribution in [0.2, 0.25) is 0 Å². The van der Waals surface area contributed by atoms with Gasteiger partial charge in [-0.25, -0.2) is 9.97 Å². The highest BCUT2D eigenvalue weighted by molar-refractivity contribution is 7.19. The van der Waals surface area contributed by atoms with E-state index in [1.807, 2.05) is 12.3 Å². The Hall–Kier alpha value is -2.13. The smallest absolute Gasteiger partial charge is 0.282 e. The van der Waals surface area contributed by atoms with Crippen LogP contribution in [0.4, 0.5) is 5.13 Å². The number of hydrogen-bond acceptors (Lipinski definition) is 7. The quantitative estimate of drug-likeness (QED) is 0.902. The zero-order chi connectivity index (χ0) is 17.3. The molecule has 1 saturated heterocycles. The second kappa shape index (κ2) is 6.78. The third-order valence-electron chi connectivity index (χ3n) is 3.61. The van der Waals surface area contributed by atoms with Crippen molar-refractivity contribution < 1.29 is 14.4 Å². The van der Waals surface area contributed by atoms with Crippen LogP contribution >= 0.6 is 22.7 Å². The Balaban J connectivity index is 1.78. The molecule has 2 amide bonds. The van der Waals surface area contributed by atoms with Gasteiger partial charge in [-0.15, -0.1) is 11.3 Å². The molecule has 7 nitrogen and oxygen atoms in total. The number of likely N-dealkylation sites (tertiary alicyclic amines) is 1. The fourth-order valence-electron chi connectivity index (χ4n) is 2.41. The minimum atomic E-state index is -0.177. The van der Waals surface area contributed by atoms with Crippen LogP contribution in [0, 0.1) is 6.92 Å². The van der Waals surface area contributed by atoms with Gasteiger partial charge < -0.3 is 10.2 Å². The molecule has 0 spiro atoms. The van der Waals surface area contributed by atoms with Crippen LogP contribution in [0.5, 0.6) is 0 Å². The Kier molecular flexibility index (Phi) is 4.72. The summed E-state index contributed by atoms with van der Waals surface area (Å²) < 4.78 is 0. The van der Waals surface area contributed by atoms with Gasteiger partial charge in [-0.2, -0.15) is 0 Å². The van der Waals surface area contributed by atoms with E-state index in [4.69, 9.17) is 0 Å². The first-order valence-electron chi connectivity index (χ1n) is 7.46. The number of nitrogens with zero attached hydrogens (tertiary/aromatic N) is 3. The summed E-state index contributed by atoms with van der Waals surface area (Å²) in [5, 5.41) is 5.41. The molecule has 0 unspecified atom stereocenters. The molecule has 1 aliphatic rings. The monoisotopic (exact) mass is 364 g/mol. The van der Waals surface area contributed by atoms with Crippen molar-refractivity contribution in [2.24, 2.45) is 0 Å². The molecule has 2 aromatic rings. The molecule has 0 bridgehead atoms. The molecule has 0 aliphatic carbocycles. The number of ketones is 1. The zero-order valence-corrected chi connectivity index (χ0v) is 14.9. The molecule has 126 valence electrons. The first-order chi connectivity index (χ1) is 11.4. The molecule has 1 N–H and O–H groups in total. The summed E-state index contributed by atoms with van der Waals surface area (Å²) in [6.45, 7) is 4.19. The van der Waals surface area contributed by atoms with Crippen LogP contribution in [-0.2, 0) is 9.59 Å². The highest BCUT2D eigenvalue weighted by Gasteiger charge is 2.24. The topological polar surface area (TPSA) is 92.3 Å². The third kappa shape index (κ3) is 3.51. The van der Waals surface area contributed by atoms with E-state index in [1.165, 1.54) is 29.6 Å². The van der Waals surface area contributed by atoms with E-state index in [0.717, 1.165) is 10.6 Å². The third-order valence-corrected chi connectivity index (χ3v) is 5.53. The summed E-state index contributed by atoms with van der Waals surface area (Å²) >= 11 is 2.62. The van der Waals surface area contributed by atoms with Crippen LogP contribution in [0.1, 0.15) is 35.3 Å². The summed E-state index contributed by atoms with van der Waals surface area (Å²) in [6, 6.07) is 0. The van der Waals surface area contributed by atoms with Gasteiger partial charge in [0, 0.05) is 38.2 Å². The summed E-state index contributed by atoms with van der Waals surface area (Å²) in [6.07, 6.45) is 0.829. The minimum Gasteiger partial charge on any atom is -0.336 e. The second-order valence-corrected chi connectivity index (χ2v) is 7.34. The fraction of sp³-hybridized carbons (Fsp3) is 0.400. The summed E-state index contributed by atoms with van der Waals surface area (Å²) in [4.78, 5) is 46.1. The predicted octanol–water partition coefficient (Wildman–Crippen LogP) is 2.34. The van der Waals surface area contributed by atoms with Gasteiger partial charge in [-0.3, -0.25) is 14.4 Å². The number of amides is 2. The van der Waals surface area contributed by atoms with Gasteiger partial charge in [0.1, 0.15) is 5.78 Å². The summed E-state index contributed by atoms with van der Waals surface area (Å²) in [5.41, 5.74) is 1.44. The molecule has 0 aromatic carbocycles. The van der Waals surface area contributed by atoms with Crippen molar-refractivity contribution in [2.45, 2.75) is 26.7 Å². The Morgan fingerprint density at radius 3 is 2.62 bits per heavy atom. The van der Waals surface area contributed by atoms with Crippen molar-refractivity contribution in [3.63, 3.8) is 0 Å². The number of anilines is 1. The van der Waals surface area contributed by atoms with Gasteiger partial charge in [-0.1, -0.05) is 11.3 Å². The van der Waals surface area contributed by atoms with Crippen LogP contribution in [0.25, 0.3) is 10.6 Å². The maximum Gasteiger partial charge on any atom is 0.282 e. The maximum atomic E-state index is 12.5. The molecule has 0 atom stereocenters. The van der Waals surface area contributed by atoms with E-state index in [9.17, 15) is 14.4 Å². The highest BCUT2D eigenvalue weighted by atomic mass is 32.1. The van der Waals surface area contributed by atoms with Gasteiger partial charge >= 0.3 is 0 Å². The lowest BCUT2D eigenvalue weighted by Crippen LogP contribution is -2.38. The Bertz CT molecular complexity index is 802. The van der Waals surface area contributed by atoms with E-state index >= 15 is 0 Å². The van der Waals surface area contributed by atoms with E-state index in [1.54, 1.807) is 4.90 Å². The molecular formula is C15H16N4O3S2. The molecule has 1 aliphatic heterocycles. The number of piperidine rings is 1. The van der Waals surface area contributed by atoms with Crippen molar-refractivity contribution in [3.05, 3.63) is 16.1 Å². The average molecular weight is 364 g/mol. The van der Waals surface area contributed by atoms with Crippen LogP contribution in [-0.4, -0.2) is 45.6 Å². The number of carbonyl (C=O) groups is 3. The molecule has 1 fully saturated rings. The lowest BCUT2D eigenvalue weighted by molar-refractivity contribution is -0.121. The van der Waals surface area contributed by atoms with E-state index in [2.05, 4.69) is 15.3 Å². The average Bonchev–Trinajstić information content (AvgIpc) is 3.13. The van der Waals surface area contributed by atoms with Crippen LogP contribution in [0.15, 0.2) is 5.38 Å². The molecule has 0 saturated carbocycles. The predicted molar refractivity (Wildman–Crippen MR) is 92.4 cm³/mol. The van der Waals surface area contributed by atoms with E-state index in [0.29, 0.717) is 41.8 Å². The molecule has 2 aromatic heterocycles. The summed E-state index contributed by atoms with van der Waals surface area (Å²) in [5.74, 6) is -0.114. The van der Waals surface area contributed by atoms with E-state index in [-0.39, 0.29) is 17.6 Å².